The van der Waals surface area contributed by atoms with E-state index in [1.54, 1.807) is 0 Å². The summed E-state index contributed by atoms with van der Waals surface area (Å²) in [5, 5.41) is 9.95. The fraction of sp³-hybridized carbons (Fsp3) is 0.250. The standard InChI is InChI=1S/C16H16O/c17-16-11-14-6-5-12-1-3-13(4-2-12)7-9-15(16)10-8-14/h1-4,8,10-11,17H,5-7,9H2. The molecule has 0 fully saturated rings. The van der Waals surface area contributed by atoms with Crippen molar-refractivity contribution < 1.29 is 5.11 Å². The van der Waals surface area contributed by atoms with Crippen molar-refractivity contribution in [2.45, 2.75) is 25.7 Å². The summed E-state index contributed by atoms with van der Waals surface area (Å²) in [7, 11) is 0. The molecule has 0 heterocycles. The first kappa shape index (κ1) is 10.4. The van der Waals surface area contributed by atoms with Crippen molar-refractivity contribution in [2.24, 2.45) is 0 Å². The number of rotatable bonds is 0. The predicted molar refractivity (Wildman–Crippen MR) is 69.4 cm³/mol. The van der Waals surface area contributed by atoms with Gasteiger partial charge >= 0.3 is 0 Å². The summed E-state index contributed by atoms with van der Waals surface area (Å²) in [6.45, 7) is 0. The van der Waals surface area contributed by atoms with E-state index >= 15 is 0 Å². The van der Waals surface area contributed by atoms with Crippen molar-refractivity contribution in [1.82, 2.24) is 0 Å². The fourth-order valence-electron chi connectivity index (χ4n) is 2.42. The average Bonchev–Trinajstić information content (AvgIpc) is 2.34. The molecule has 0 saturated carbocycles. The zero-order valence-electron chi connectivity index (χ0n) is 9.82. The number of phenols is 1. The summed E-state index contributed by atoms with van der Waals surface area (Å²) < 4.78 is 0. The van der Waals surface area contributed by atoms with Crippen LogP contribution in [-0.4, -0.2) is 5.11 Å². The van der Waals surface area contributed by atoms with E-state index in [9.17, 15) is 5.11 Å². The summed E-state index contributed by atoms with van der Waals surface area (Å²) in [6.07, 6.45) is 3.94. The van der Waals surface area contributed by atoms with E-state index in [1.165, 1.54) is 16.7 Å². The van der Waals surface area contributed by atoms with Crippen LogP contribution in [0.25, 0.3) is 0 Å². The van der Waals surface area contributed by atoms with Gasteiger partial charge < -0.3 is 5.11 Å². The summed E-state index contributed by atoms with van der Waals surface area (Å²) in [5.41, 5.74) is 4.99. The van der Waals surface area contributed by atoms with E-state index < -0.39 is 0 Å². The van der Waals surface area contributed by atoms with Gasteiger partial charge in [0, 0.05) is 0 Å². The Morgan fingerprint density at radius 1 is 0.647 bits per heavy atom. The van der Waals surface area contributed by atoms with E-state index in [1.807, 2.05) is 6.07 Å². The van der Waals surface area contributed by atoms with Gasteiger partial charge in [-0.3, -0.25) is 0 Å². The summed E-state index contributed by atoms with van der Waals surface area (Å²) in [4.78, 5) is 0. The molecule has 2 aromatic rings. The highest BCUT2D eigenvalue weighted by molar-refractivity contribution is 5.38. The summed E-state index contributed by atoms with van der Waals surface area (Å²) in [5.74, 6) is 0.456. The molecule has 1 N–H and O–H groups in total. The Morgan fingerprint density at radius 2 is 1.18 bits per heavy atom. The molecule has 1 heteroatoms. The molecule has 0 atom stereocenters. The number of benzene rings is 2. The zero-order valence-corrected chi connectivity index (χ0v) is 9.82. The molecule has 4 aliphatic carbocycles. The molecule has 4 aliphatic rings. The van der Waals surface area contributed by atoms with Crippen LogP contribution >= 0.6 is 0 Å². The van der Waals surface area contributed by atoms with E-state index in [0.29, 0.717) is 5.75 Å². The first-order chi connectivity index (χ1) is 8.31. The lowest BCUT2D eigenvalue weighted by Crippen LogP contribution is -1.98. The van der Waals surface area contributed by atoms with Crippen molar-refractivity contribution in [3.63, 3.8) is 0 Å². The van der Waals surface area contributed by atoms with Crippen LogP contribution < -0.4 is 0 Å². The topological polar surface area (TPSA) is 20.2 Å². The number of hydrogen-bond donors (Lipinski definition) is 1. The normalized spacial score (nSPS) is 14.4. The number of aromatic hydroxyl groups is 1. The van der Waals surface area contributed by atoms with Crippen molar-refractivity contribution >= 4 is 0 Å². The van der Waals surface area contributed by atoms with Gasteiger partial charge in [-0.05, 0) is 54.0 Å². The lowest BCUT2D eigenvalue weighted by molar-refractivity contribution is 0.467. The second-order valence-corrected chi connectivity index (χ2v) is 4.78. The number of phenolic OH excluding ortho intramolecular Hbond substituents is 1. The Bertz CT molecular complexity index is 526. The van der Waals surface area contributed by atoms with Gasteiger partial charge in [-0.1, -0.05) is 36.4 Å². The molecule has 1 nitrogen and oxygen atoms in total. The van der Waals surface area contributed by atoms with Gasteiger partial charge in [0.1, 0.15) is 5.75 Å². The van der Waals surface area contributed by atoms with Crippen LogP contribution in [-0.2, 0) is 25.7 Å². The SMILES string of the molecule is Oc1cc2ccc1CCc1ccc(cc1)CC2. The predicted octanol–water partition coefficient (Wildman–Crippen LogP) is 3.28. The Labute approximate surface area is 102 Å². The van der Waals surface area contributed by atoms with Crippen molar-refractivity contribution in [3.05, 3.63) is 64.7 Å². The number of aryl methyl sites for hydroxylation is 4. The summed E-state index contributed by atoms with van der Waals surface area (Å²) >= 11 is 0. The van der Waals surface area contributed by atoms with Gasteiger partial charge in [0.15, 0.2) is 0 Å². The molecule has 0 unspecified atom stereocenters. The average molecular weight is 224 g/mol. The third kappa shape index (κ3) is 2.19. The lowest BCUT2D eigenvalue weighted by atomic mass is 9.96. The molecule has 0 aromatic heterocycles. The monoisotopic (exact) mass is 224 g/mol. The van der Waals surface area contributed by atoms with E-state index in [0.717, 1.165) is 31.2 Å². The van der Waals surface area contributed by atoms with Gasteiger partial charge in [-0.15, -0.1) is 0 Å². The second kappa shape index (κ2) is 4.25. The van der Waals surface area contributed by atoms with Crippen LogP contribution in [0.5, 0.6) is 5.75 Å². The smallest absolute Gasteiger partial charge is 0.119 e. The molecular weight excluding hydrogens is 208 g/mol. The molecule has 0 radical (unpaired) electrons. The molecule has 0 saturated heterocycles. The Hall–Kier alpha value is -1.76. The van der Waals surface area contributed by atoms with Gasteiger partial charge in [-0.25, -0.2) is 0 Å². The Balaban J connectivity index is 2.00. The highest BCUT2D eigenvalue weighted by Crippen LogP contribution is 2.23. The van der Waals surface area contributed by atoms with Crippen molar-refractivity contribution in [3.8, 4) is 5.75 Å². The van der Waals surface area contributed by atoms with Crippen LogP contribution in [0.15, 0.2) is 42.5 Å². The minimum atomic E-state index is 0.456. The first-order valence-corrected chi connectivity index (χ1v) is 6.20. The molecule has 86 valence electrons. The highest BCUT2D eigenvalue weighted by atomic mass is 16.3. The molecule has 17 heavy (non-hydrogen) atoms. The van der Waals surface area contributed by atoms with Gasteiger partial charge in [-0.2, -0.15) is 0 Å². The van der Waals surface area contributed by atoms with E-state index in [-0.39, 0.29) is 0 Å². The van der Waals surface area contributed by atoms with Crippen molar-refractivity contribution in [2.75, 3.05) is 0 Å². The van der Waals surface area contributed by atoms with Gasteiger partial charge in [0.05, 0.1) is 0 Å². The zero-order chi connectivity index (χ0) is 11.7. The summed E-state index contributed by atoms with van der Waals surface area (Å²) in [6, 6.07) is 15.0. The van der Waals surface area contributed by atoms with Crippen molar-refractivity contribution in [1.29, 1.82) is 0 Å². The maximum absolute atomic E-state index is 9.95. The Morgan fingerprint density at radius 3 is 1.82 bits per heavy atom. The van der Waals surface area contributed by atoms with Crippen LogP contribution in [0.2, 0.25) is 0 Å². The highest BCUT2D eigenvalue weighted by Gasteiger charge is 2.06. The minimum Gasteiger partial charge on any atom is -0.508 e. The van der Waals surface area contributed by atoms with Gasteiger partial charge in [0.25, 0.3) is 0 Å². The second-order valence-electron chi connectivity index (χ2n) is 4.78. The maximum Gasteiger partial charge on any atom is 0.119 e. The van der Waals surface area contributed by atoms with Crippen LogP contribution in [0.3, 0.4) is 0 Å². The third-order valence-corrected chi connectivity index (χ3v) is 3.56. The molecular formula is C16H16O. The minimum absolute atomic E-state index is 0.456. The number of hydrogen-bond acceptors (Lipinski definition) is 1. The van der Waals surface area contributed by atoms with Gasteiger partial charge in [0.2, 0.25) is 0 Å². The largest absolute Gasteiger partial charge is 0.508 e. The molecule has 0 aliphatic heterocycles. The Kier molecular flexibility index (Phi) is 2.60. The first-order valence-electron chi connectivity index (χ1n) is 6.20. The van der Waals surface area contributed by atoms with E-state index in [4.69, 9.17) is 0 Å². The molecule has 4 bridgehead atoms. The molecule has 0 amide bonds. The maximum atomic E-state index is 9.95. The molecule has 2 aromatic carbocycles. The van der Waals surface area contributed by atoms with E-state index in [2.05, 4.69) is 36.4 Å². The van der Waals surface area contributed by atoms with Crippen LogP contribution in [0, 0.1) is 0 Å². The fourth-order valence-corrected chi connectivity index (χ4v) is 2.42. The quantitative estimate of drug-likeness (QED) is 0.728. The third-order valence-electron chi connectivity index (χ3n) is 3.56. The van der Waals surface area contributed by atoms with Crippen LogP contribution in [0.4, 0.5) is 0 Å². The lowest BCUT2D eigenvalue weighted by Gasteiger charge is -2.11. The molecule has 6 rings (SSSR count). The van der Waals surface area contributed by atoms with Crippen LogP contribution in [0.1, 0.15) is 22.3 Å². The molecule has 0 spiro atoms.